The highest BCUT2D eigenvalue weighted by molar-refractivity contribution is 4.88. The van der Waals surface area contributed by atoms with E-state index in [2.05, 4.69) is 37.3 Å². The van der Waals surface area contributed by atoms with Crippen LogP contribution < -0.4 is 0 Å². The smallest absolute Gasteiger partial charge is 0.0621 e. The number of nitriles is 1. The highest BCUT2D eigenvalue weighted by Crippen LogP contribution is 2.11. The van der Waals surface area contributed by atoms with Gasteiger partial charge >= 0.3 is 0 Å². The van der Waals surface area contributed by atoms with Crippen LogP contribution in [0.4, 0.5) is 0 Å². The lowest BCUT2D eigenvalue weighted by molar-refractivity contribution is 0.557. The second-order valence-corrected chi connectivity index (χ2v) is 6.54. The van der Waals surface area contributed by atoms with Gasteiger partial charge in [-0.05, 0) is 38.5 Å². The Hall–Kier alpha value is -1.03. The SMILES string of the molecule is CCCCCCCCCCCC/C=C/CC/C=C/CCCC#N. The molecule has 0 saturated heterocycles. The van der Waals surface area contributed by atoms with E-state index in [1.165, 1.54) is 70.6 Å². The third kappa shape index (κ3) is 21.0. The summed E-state index contributed by atoms with van der Waals surface area (Å²) in [6.07, 6.45) is 29.6. The van der Waals surface area contributed by atoms with Crippen molar-refractivity contribution in [3.63, 3.8) is 0 Å². The van der Waals surface area contributed by atoms with Crippen LogP contribution in [0.2, 0.25) is 0 Å². The fraction of sp³-hybridized carbons (Fsp3) is 0.773. The topological polar surface area (TPSA) is 23.8 Å². The Labute approximate surface area is 145 Å². The first-order valence-electron chi connectivity index (χ1n) is 10.1. The van der Waals surface area contributed by atoms with Crippen LogP contribution in [0.1, 0.15) is 110 Å². The van der Waals surface area contributed by atoms with Crippen LogP contribution in [0.25, 0.3) is 0 Å². The van der Waals surface area contributed by atoms with Gasteiger partial charge in [0.2, 0.25) is 0 Å². The molecule has 0 spiro atoms. The number of rotatable bonds is 17. The second-order valence-electron chi connectivity index (χ2n) is 6.54. The van der Waals surface area contributed by atoms with Gasteiger partial charge in [-0.2, -0.15) is 5.26 Å². The number of unbranched alkanes of at least 4 members (excludes halogenated alkanes) is 13. The summed E-state index contributed by atoms with van der Waals surface area (Å²) in [4.78, 5) is 0. The van der Waals surface area contributed by atoms with E-state index in [4.69, 9.17) is 5.26 Å². The number of allylic oxidation sites excluding steroid dienone is 4. The average Bonchev–Trinajstić information content (AvgIpc) is 2.57. The molecule has 1 nitrogen and oxygen atoms in total. The summed E-state index contributed by atoms with van der Waals surface area (Å²) in [5, 5.41) is 8.43. The molecule has 0 bridgehead atoms. The molecule has 0 N–H and O–H groups in total. The number of hydrogen-bond donors (Lipinski definition) is 0. The summed E-state index contributed by atoms with van der Waals surface area (Å²) in [7, 11) is 0. The van der Waals surface area contributed by atoms with Crippen LogP contribution in [-0.2, 0) is 0 Å². The molecule has 132 valence electrons. The van der Waals surface area contributed by atoms with Crippen LogP contribution in [0.3, 0.4) is 0 Å². The van der Waals surface area contributed by atoms with Crippen molar-refractivity contribution in [1.29, 1.82) is 5.26 Å². The van der Waals surface area contributed by atoms with E-state index in [0.717, 1.165) is 25.7 Å². The first kappa shape index (κ1) is 22.0. The zero-order chi connectivity index (χ0) is 16.8. The molecule has 0 aliphatic carbocycles. The summed E-state index contributed by atoms with van der Waals surface area (Å²) in [5.74, 6) is 0. The van der Waals surface area contributed by atoms with E-state index < -0.39 is 0 Å². The van der Waals surface area contributed by atoms with Crippen molar-refractivity contribution in [2.75, 3.05) is 0 Å². The second kappa shape index (κ2) is 21.0. The van der Waals surface area contributed by atoms with E-state index in [1.807, 2.05) is 0 Å². The van der Waals surface area contributed by atoms with E-state index in [0.29, 0.717) is 6.42 Å². The normalized spacial score (nSPS) is 11.5. The predicted molar refractivity (Wildman–Crippen MR) is 103 cm³/mol. The minimum absolute atomic E-state index is 0.684. The molecule has 0 aromatic heterocycles. The monoisotopic (exact) mass is 317 g/mol. The summed E-state index contributed by atoms with van der Waals surface area (Å²) in [6.45, 7) is 2.28. The van der Waals surface area contributed by atoms with Crippen LogP contribution in [0.5, 0.6) is 0 Å². The lowest BCUT2D eigenvalue weighted by Crippen LogP contribution is -1.81. The highest BCUT2D eigenvalue weighted by atomic mass is 14.2. The van der Waals surface area contributed by atoms with Gasteiger partial charge in [0.1, 0.15) is 0 Å². The van der Waals surface area contributed by atoms with Gasteiger partial charge in [0.05, 0.1) is 6.07 Å². The van der Waals surface area contributed by atoms with E-state index >= 15 is 0 Å². The maximum atomic E-state index is 8.43. The molecule has 0 fully saturated rings. The first-order chi connectivity index (χ1) is 11.4. The molecular formula is C22H39N. The van der Waals surface area contributed by atoms with E-state index in [1.54, 1.807) is 0 Å². The maximum absolute atomic E-state index is 8.43. The van der Waals surface area contributed by atoms with Gasteiger partial charge in [-0.3, -0.25) is 0 Å². The van der Waals surface area contributed by atoms with Crippen LogP contribution in [0, 0.1) is 11.3 Å². The Morgan fingerprint density at radius 1 is 0.565 bits per heavy atom. The molecule has 0 radical (unpaired) electrons. The molecule has 23 heavy (non-hydrogen) atoms. The Morgan fingerprint density at radius 2 is 1.00 bits per heavy atom. The summed E-state index contributed by atoms with van der Waals surface area (Å²) in [6, 6.07) is 2.18. The minimum atomic E-state index is 0.684. The first-order valence-corrected chi connectivity index (χ1v) is 10.1. The van der Waals surface area contributed by atoms with Gasteiger partial charge in [-0.1, -0.05) is 89.0 Å². The molecule has 0 heterocycles. The maximum Gasteiger partial charge on any atom is 0.0621 e. The molecule has 0 aromatic carbocycles. The Bertz CT molecular complexity index is 308. The van der Waals surface area contributed by atoms with Crippen molar-refractivity contribution in [1.82, 2.24) is 0 Å². The molecule has 0 aliphatic rings. The molecule has 0 aliphatic heterocycles. The zero-order valence-corrected chi connectivity index (χ0v) is 15.6. The van der Waals surface area contributed by atoms with Gasteiger partial charge in [-0.15, -0.1) is 0 Å². The van der Waals surface area contributed by atoms with Crippen molar-refractivity contribution in [3.05, 3.63) is 24.3 Å². The molecule has 0 aromatic rings. The molecule has 0 unspecified atom stereocenters. The largest absolute Gasteiger partial charge is 0.198 e. The van der Waals surface area contributed by atoms with Crippen molar-refractivity contribution in [3.8, 4) is 6.07 Å². The average molecular weight is 318 g/mol. The minimum Gasteiger partial charge on any atom is -0.198 e. The van der Waals surface area contributed by atoms with Crippen molar-refractivity contribution >= 4 is 0 Å². The Kier molecular flexibility index (Phi) is 20.0. The molecule has 0 amide bonds. The lowest BCUT2D eigenvalue weighted by Gasteiger charge is -2.01. The Balaban J connectivity index is 3.12. The third-order valence-corrected chi connectivity index (χ3v) is 4.22. The molecule has 0 rings (SSSR count). The quantitative estimate of drug-likeness (QED) is 0.198. The van der Waals surface area contributed by atoms with Gasteiger partial charge in [0.25, 0.3) is 0 Å². The number of hydrogen-bond acceptors (Lipinski definition) is 1. The summed E-state index contributed by atoms with van der Waals surface area (Å²) < 4.78 is 0. The lowest BCUT2D eigenvalue weighted by atomic mass is 10.1. The molecule has 0 atom stereocenters. The fourth-order valence-corrected chi connectivity index (χ4v) is 2.71. The molecule has 1 heteroatoms. The van der Waals surface area contributed by atoms with Crippen LogP contribution in [-0.4, -0.2) is 0 Å². The Morgan fingerprint density at radius 3 is 1.52 bits per heavy atom. The van der Waals surface area contributed by atoms with Gasteiger partial charge in [0.15, 0.2) is 0 Å². The standard InChI is InChI=1S/C22H39N/c1-2-3-4-5-6-7-8-9-10-11-12-13-14-15-16-17-18-19-20-21-22-23/h13-14,17-18H,2-12,15-16,19-21H2,1H3/b14-13+,18-17+. The van der Waals surface area contributed by atoms with Crippen molar-refractivity contribution in [2.45, 2.75) is 110 Å². The van der Waals surface area contributed by atoms with Crippen LogP contribution >= 0.6 is 0 Å². The zero-order valence-electron chi connectivity index (χ0n) is 15.6. The molecular weight excluding hydrogens is 278 g/mol. The van der Waals surface area contributed by atoms with E-state index in [9.17, 15) is 0 Å². The highest BCUT2D eigenvalue weighted by Gasteiger charge is 1.91. The predicted octanol–water partition coefficient (Wildman–Crippen LogP) is 7.88. The third-order valence-electron chi connectivity index (χ3n) is 4.22. The molecule has 0 saturated carbocycles. The van der Waals surface area contributed by atoms with E-state index in [-0.39, 0.29) is 0 Å². The van der Waals surface area contributed by atoms with Gasteiger partial charge in [0, 0.05) is 6.42 Å². The summed E-state index contributed by atoms with van der Waals surface area (Å²) >= 11 is 0. The van der Waals surface area contributed by atoms with Gasteiger partial charge < -0.3 is 0 Å². The van der Waals surface area contributed by atoms with Crippen LogP contribution in [0.15, 0.2) is 24.3 Å². The fourth-order valence-electron chi connectivity index (χ4n) is 2.71. The van der Waals surface area contributed by atoms with Crippen molar-refractivity contribution < 1.29 is 0 Å². The van der Waals surface area contributed by atoms with Crippen molar-refractivity contribution in [2.24, 2.45) is 0 Å². The van der Waals surface area contributed by atoms with Gasteiger partial charge in [-0.25, -0.2) is 0 Å². The number of nitrogens with zero attached hydrogens (tertiary/aromatic N) is 1. The summed E-state index contributed by atoms with van der Waals surface area (Å²) in [5.41, 5.74) is 0.